The van der Waals surface area contributed by atoms with E-state index in [1.54, 1.807) is 18.3 Å². The number of pyridine rings is 2. The summed E-state index contributed by atoms with van der Waals surface area (Å²) in [6.07, 6.45) is 2.02. The highest BCUT2D eigenvalue weighted by molar-refractivity contribution is 7.22. The molecule has 4 aromatic heterocycles. The van der Waals surface area contributed by atoms with Gasteiger partial charge in [0.1, 0.15) is 11.9 Å². The van der Waals surface area contributed by atoms with Crippen LogP contribution in [0.3, 0.4) is 0 Å². The summed E-state index contributed by atoms with van der Waals surface area (Å²) in [7, 11) is 0. The number of nitrogens with zero attached hydrogens (tertiary/aromatic N) is 5. The fourth-order valence-corrected chi connectivity index (χ4v) is 5.68. The number of carbonyl (C=O) groups excluding carboxylic acids is 1. The van der Waals surface area contributed by atoms with E-state index in [2.05, 4.69) is 15.2 Å². The largest absolute Gasteiger partial charge is 0.451 e. The Morgan fingerprint density at radius 3 is 2.81 bits per heavy atom. The third-order valence-electron chi connectivity index (χ3n) is 6.56. The van der Waals surface area contributed by atoms with Gasteiger partial charge in [0, 0.05) is 37.1 Å². The number of furan rings is 1. The molecule has 0 aromatic carbocycles. The molecule has 2 fully saturated rings. The number of piperidine rings is 1. The molecule has 9 nitrogen and oxygen atoms in total. The minimum absolute atomic E-state index is 0.177. The Bertz CT molecular complexity index is 1430. The normalized spacial score (nSPS) is 18.4. The predicted octanol–water partition coefficient (Wildman–Crippen LogP) is 4.68. The lowest BCUT2D eigenvalue weighted by molar-refractivity contribution is 0.0997. The highest BCUT2D eigenvalue weighted by Gasteiger charge is 2.26. The quantitative estimate of drug-likeness (QED) is 0.404. The molecular formula is C26H27FN6O3S. The monoisotopic (exact) mass is 522 g/mol. The number of hydrogen-bond acceptors (Lipinski definition) is 9. The van der Waals surface area contributed by atoms with Crippen molar-refractivity contribution in [2.24, 2.45) is 0 Å². The predicted molar refractivity (Wildman–Crippen MR) is 141 cm³/mol. The first-order valence-corrected chi connectivity index (χ1v) is 13.2. The minimum atomic E-state index is -0.939. The number of amides is 1. The fraction of sp³-hybridized carbons (Fsp3) is 0.385. The number of thiazole rings is 1. The molecule has 192 valence electrons. The smallest absolute Gasteiger partial charge is 0.291 e. The van der Waals surface area contributed by atoms with E-state index in [1.807, 2.05) is 30.0 Å². The van der Waals surface area contributed by atoms with Crippen LogP contribution in [-0.4, -0.2) is 66.4 Å². The number of nitrogens with one attached hydrogen (secondary N) is 1. The second-order valence-corrected chi connectivity index (χ2v) is 10.3. The molecule has 11 heteroatoms. The van der Waals surface area contributed by atoms with E-state index in [-0.39, 0.29) is 12.3 Å². The van der Waals surface area contributed by atoms with Gasteiger partial charge in [-0.15, -0.1) is 0 Å². The van der Waals surface area contributed by atoms with Crippen LogP contribution in [-0.2, 0) is 4.74 Å². The van der Waals surface area contributed by atoms with Crippen LogP contribution in [0.1, 0.15) is 29.1 Å². The second kappa shape index (κ2) is 10.1. The molecular weight excluding hydrogens is 495 g/mol. The van der Waals surface area contributed by atoms with E-state index < -0.39 is 12.1 Å². The van der Waals surface area contributed by atoms with Gasteiger partial charge >= 0.3 is 0 Å². The van der Waals surface area contributed by atoms with Crippen molar-refractivity contribution in [1.82, 2.24) is 15.0 Å². The van der Waals surface area contributed by atoms with Gasteiger partial charge in [0.2, 0.25) is 0 Å². The van der Waals surface area contributed by atoms with Crippen LogP contribution in [0.25, 0.3) is 21.7 Å². The zero-order valence-corrected chi connectivity index (χ0v) is 21.3. The average Bonchev–Trinajstić information content (AvgIpc) is 3.56. The van der Waals surface area contributed by atoms with Crippen molar-refractivity contribution in [2.45, 2.75) is 25.9 Å². The zero-order chi connectivity index (χ0) is 25.4. The zero-order valence-electron chi connectivity index (χ0n) is 20.4. The van der Waals surface area contributed by atoms with Gasteiger partial charge in [-0.3, -0.25) is 9.78 Å². The maximum absolute atomic E-state index is 14.3. The summed E-state index contributed by atoms with van der Waals surface area (Å²) in [6, 6.07) is 9.03. The molecule has 2 saturated heterocycles. The maximum atomic E-state index is 14.3. The molecule has 0 radical (unpaired) electrons. The Labute approximate surface area is 217 Å². The van der Waals surface area contributed by atoms with Crippen molar-refractivity contribution >= 4 is 44.2 Å². The molecule has 1 amide bonds. The lowest BCUT2D eigenvalue weighted by atomic mass is 10.1. The Hall–Kier alpha value is -3.57. The third kappa shape index (κ3) is 5.01. The van der Waals surface area contributed by atoms with Crippen LogP contribution in [0.4, 0.5) is 21.0 Å². The molecule has 1 unspecified atom stereocenters. The number of carbonyl (C=O) groups is 1. The van der Waals surface area contributed by atoms with Crippen molar-refractivity contribution in [3.63, 3.8) is 0 Å². The van der Waals surface area contributed by atoms with E-state index in [0.717, 1.165) is 40.6 Å². The summed E-state index contributed by atoms with van der Waals surface area (Å²) in [5.74, 6) is 0.888. The number of aromatic nitrogens is 3. The summed E-state index contributed by atoms with van der Waals surface area (Å²) in [4.78, 5) is 31.1. The first kappa shape index (κ1) is 23.8. The van der Waals surface area contributed by atoms with Gasteiger partial charge in [-0.25, -0.2) is 9.37 Å². The van der Waals surface area contributed by atoms with Gasteiger partial charge in [0.25, 0.3) is 5.91 Å². The van der Waals surface area contributed by atoms with Crippen LogP contribution >= 0.6 is 11.3 Å². The molecule has 0 aliphatic carbocycles. The van der Waals surface area contributed by atoms with Crippen LogP contribution in [0.5, 0.6) is 0 Å². The summed E-state index contributed by atoms with van der Waals surface area (Å²) >= 11 is 1.52. The maximum Gasteiger partial charge on any atom is 0.291 e. The number of alkyl halides is 1. The lowest BCUT2D eigenvalue weighted by Crippen LogP contribution is -2.37. The molecule has 4 aromatic rings. The molecule has 1 atom stereocenters. The number of fused-ring (bicyclic) bond motifs is 1. The van der Waals surface area contributed by atoms with Crippen LogP contribution < -0.4 is 15.1 Å². The van der Waals surface area contributed by atoms with E-state index in [1.165, 1.54) is 11.3 Å². The molecule has 2 aliphatic heterocycles. The molecule has 0 bridgehead atoms. The molecule has 0 saturated carbocycles. The number of aryl methyl sites for hydroxylation is 1. The molecule has 6 heterocycles. The van der Waals surface area contributed by atoms with Crippen molar-refractivity contribution in [1.29, 1.82) is 0 Å². The topological polar surface area (TPSA) is 96.6 Å². The van der Waals surface area contributed by atoms with Gasteiger partial charge in [-0.05, 0) is 50.1 Å². The highest BCUT2D eigenvalue weighted by Crippen LogP contribution is 2.36. The number of hydrogen-bond donors (Lipinski definition) is 1. The van der Waals surface area contributed by atoms with Crippen LogP contribution in [0.2, 0.25) is 0 Å². The Morgan fingerprint density at radius 1 is 1.14 bits per heavy atom. The standard InChI is InChI=1S/C26H27FN6O3S/c1-16-13-17(6-7-28-16)20-4-5-21(36-20)25(34)29-19-14-22-23(30-24(19)33-8-2-3-18(27)15-33)31-26(37-22)32-9-11-35-12-10-32/h4-7,13-14,18H,2-3,8-12,15H2,1H3,(H,29,34). The molecule has 2 aliphatic rings. The van der Waals surface area contributed by atoms with Gasteiger partial charge < -0.3 is 24.3 Å². The van der Waals surface area contributed by atoms with E-state index >= 15 is 0 Å². The van der Waals surface area contributed by atoms with Crippen molar-refractivity contribution in [2.75, 3.05) is 54.5 Å². The first-order valence-electron chi connectivity index (χ1n) is 12.4. The Balaban J connectivity index is 1.32. The second-order valence-electron chi connectivity index (χ2n) is 9.27. The number of rotatable bonds is 5. The molecule has 0 spiro atoms. The van der Waals surface area contributed by atoms with Gasteiger partial charge in [-0.2, -0.15) is 4.98 Å². The summed E-state index contributed by atoms with van der Waals surface area (Å²) in [5, 5.41) is 3.84. The van der Waals surface area contributed by atoms with Crippen LogP contribution in [0.15, 0.2) is 40.9 Å². The number of ether oxygens (including phenoxy) is 1. The number of halogens is 1. The summed E-state index contributed by atoms with van der Waals surface area (Å²) in [5.41, 5.74) is 2.81. The Kier molecular flexibility index (Phi) is 6.47. The van der Waals surface area contributed by atoms with Crippen molar-refractivity contribution in [3.8, 4) is 11.3 Å². The number of anilines is 3. The van der Waals surface area contributed by atoms with Gasteiger partial charge in [0.15, 0.2) is 22.4 Å². The molecule has 1 N–H and O–H groups in total. The van der Waals surface area contributed by atoms with Gasteiger partial charge in [-0.1, -0.05) is 11.3 Å². The van der Waals surface area contributed by atoms with E-state index in [9.17, 15) is 9.18 Å². The van der Waals surface area contributed by atoms with Crippen LogP contribution in [0, 0.1) is 6.92 Å². The average molecular weight is 523 g/mol. The SMILES string of the molecule is Cc1cc(-c2ccc(C(=O)Nc3cc4sc(N5CCOCC5)nc4nc3N3CCCC(F)C3)o2)ccn1. The van der Waals surface area contributed by atoms with E-state index in [4.69, 9.17) is 19.1 Å². The van der Waals surface area contributed by atoms with Crippen molar-refractivity contribution in [3.05, 3.63) is 48.0 Å². The third-order valence-corrected chi connectivity index (χ3v) is 7.61. The fourth-order valence-electron chi connectivity index (χ4n) is 4.68. The number of morpholine rings is 1. The first-order chi connectivity index (χ1) is 18.0. The summed E-state index contributed by atoms with van der Waals surface area (Å²) in [6.45, 7) is 5.64. The lowest BCUT2D eigenvalue weighted by Gasteiger charge is -2.31. The van der Waals surface area contributed by atoms with Crippen molar-refractivity contribution < 1.29 is 18.3 Å². The Morgan fingerprint density at radius 2 is 2.00 bits per heavy atom. The van der Waals surface area contributed by atoms with Gasteiger partial charge in [0.05, 0.1) is 30.1 Å². The summed E-state index contributed by atoms with van der Waals surface area (Å²) < 4.78 is 26.5. The highest BCUT2D eigenvalue weighted by atomic mass is 32.1. The van der Waals surface area contributed by atoms with E-state index in [0.29, 0.717) is 49.1 Å². The minimum Gasteiger partial charge on any atom is -0.451 e. The molecule has 6 rings (SSSR count). The molecule has 37 heavy (non-hydrogen) atoms.